The average molecular weight is 248 g/mol. The molecule has 1 aromatic rings. The molecule has 0 unspecified atom stereocenters. The minimum atomic E-state index is -0.146. The van der Waals surface area contributed by atoms with Crippen molar-refractivity contribution in [2.24, 2.45) is 0 Å². The van der Waals surface area contributed by atoms with Crippen molar-refractivity contribution in [2.75, 3.05) is 23.7 Å². The first-order valence-electron chi connectivity index (χ1n) is 6.85. The van der Waals surface area contributed by atoms with Gasteiger partial charge in [-0.25, -0.2) is 0 Å². The molecule has 0 fully saturated rings. The van der Waals surface area contributed by atoms with Crippen molar-refractivity contribution in [1.82, 2.24) is 0 Å². The molecule has 0 saturated heterocycles. The minimum Gasteiger partial charge on any atom is -0.484 e. The van der Waals surface area contributed by atoms with Crippen molar-refractivity contribution in [3.63, 3.8) is 0 Å². The van der Waals surface area contributed by atoms with Gasteiger partial charge in [-0.05, 0) is 32.4 Å². The third-order valence-corrected chi connectivity index (χ3v) is 3.31. The summed E-state index contributed by atoms with van der Waals surface area (Å²) in [7, 11) is 0. The summed E-state index contributed by atoms with van der Waals surface area (Å²) in [4.78, 5) is 2.42. The number of hydrogen-bond acceptors (Lipinski definition) is 3. The first-order chi connectivity index (χ1) is 8.52. The molecule has 0 bridgehead atoms. The summed E-state index contributed by atoms with van der Waals surface area (Å²) in [6.07, 6.45) is 3.76. The third kappa shape index (κ3) is 2.89. The van der Waals surface area contributed by atoms with Crippen LogP contribution in [0.4, 0.5) is 11.4 Å². The molecular formula is C15H24N2O. The van der Waals surface area contributed by atoms with E-state index in [0.29, 0.717) is 0 Å². The number of ether oxygens (including phenoxy) is 1. The van der Waals surface area contributed by atoms with Gasteiger partial charge in [0.25, 0.3) is 0 Å². The van der Waals surface area contributed by atoms with Gasteiger partial charge in [-0.1, -0.05) is 19.8 Å². The lowest BCUT2D eigenvalue weighted by atomic mass is 10.0. The zero-order chi connectivity index (χ0) is 13.2. The summed E-state index contributed by atoms with van der Waals surface area (Å²) >= 11 is 0. The Hall–Kier alpha value is -1.38. The fourth-order valence-corrected chi connectivity index (χ4v) is 2.50. The van der Waals surface area contributed by atoms with Gasteiger partial charge >= 0.3 is 0 Å². The maximum atomic E-state index is 6.01. The molecule has 1 aliphatic rings. The molecular weight excluding hydrogens is 224 g/mol. The molecule has 18 heavy (non-hydrogen) atoms. The first-order valence-corrected chi connectivity index (χ1v) is 6.85. The number of anilines is 2. The van der Waals surface area contributed by atoms with Gasteiger partial charge in [0, 0.05) is 18.3 Å². The van der Waals surface area contributed by atoms with Crippen molar-refractivity contribution in [1.29, 1.82) is 0 Å². The second kappa shape index (κ2) is 5.09. The van der Waals surface area contributed by atoms with Crippen LogP contribution in [0.25, 0.3) is 0 Å². The van der Waals surface area contributed by atoms with Crippen LogP contribution in [0.3, 0.4) is 0 Å². The highest BCUT2D eigenvalue weighted by Crippen LogP contribution is 2.38. The lowest BCUT2D eigenvalue weighted by Crippen LogP contribution is -2.47. The van der Waals surface area contributed by atoms with E-state index in [2.05, 4.69) is 31.7 Å². The molecule has 1 heterocycles. The van der Waals surface area contributed by atoms with E-state index in [1.807, 2.05) is 12.1 Å². The van der Waals surface area contributed by atoms with E-state index < -0.39 is 0 Å². The largest absolute Gasteiger partial charge is 0.484 e. The van der Waals surface area contributed by atoms with Crippen LogP contribution in [0, 0.1) is 0 Å². The Morgan fingerprint density at radius 2 is 2.11 bits per heavy atom. The Bertz CT molecular complexity index is 415. The number of nitrogens with zero attached hydrogens (tertiary/aromatic N) is 1. The number of fused-ring (bicyclic) bond motifs is 1. The van der Waals surface area contributed by atoms with Gasteiger partial charge in [0.15, 0.2) is 0 Å². The first kappa shape index (κ1) is 13.1. The highest BCUT2D eigenvalue weighted by molar-refractivity contribution is 5.65. The van der Waals surface area contributed by atoms with Crippen LogP contribution in [0.5, 0.6) is 5.75 Å². The zero-order valence-electron chi connectivity index (χ0n) is 11.7. The van der Waals surface area contributed by atoms with Crippen LogP contribution in [0.1, 0.15) is 40.0 Å². The van der Waals surface area contributed by atoms with Crippen LogP contribution in [-0.2, 0) is 0 Å². The second-order valence-electron chi connectivity index (χ2n) is 5.72. The van der Waals surface area contributed by atoms with Gasteiger partial charge in [0.1, 0.15) is 11.4 Å². The highest BCUT2D eigenvalue weighted by atomic mass is 16.5. The number of unbranched alkanes of at least 4 members (excludes halogenated alkanes) is 2. The van der Waals surface area contributed by atoms with E-state index in [9.17, 15) is 0 Å². The molecule has 0 spiro atoms. The molecule has 0 saturated carbocycles. The Morgan fingerprint density at radius 1 is 1.33 bits per heavy atom. The van der Waals surface area contributed by atoms with Crippen LogP contribution in [-0.4, -0.2) is 18.7 Å². The number of rotatable bonds is 4. The zero-order valence-corrected chi connectivity index (χ0v) is 11.7. The third-order valence-electron chi connectivity index (χ3n) is 3.31. The summed E-state index contributed by atoms with van der Waals surface area (Å²) in [5, 5.41) is 0. The Labute approximate surface area is 110 Å². The molecule has 100 valence electrons. The summed E-state index contributed by atoms with van der Waals surface area (Å²) in [6, 6.07) is 5.96. The number of hydrogen-bond donors (Lipinski definition) is 1. The molecule has 0 radical (unpaired) electrons. The van der Waals surface area contributed by atoms with E-state index in [0.717, 1.165) is 24.5 Å². The predicted molar refractivity (Wildman–Crippen MR) is 77.3 cm³/mol. The van der Waals surface area contributed by atoms with Gasteiger partial charge in [-0.2, -0.15) is 0 Å². The van der Waals surface area contributed by atoms with Crippen LogP contribution < -0.4 is 15.4 Å². The van der Waals surface area contributed by atoms with Crippen LogP contribution >= 0.6 is 0 Å². The lowest BCUT2D eigenvalue weighted by molar-refractivity contribution is 0.105. The number of benzene rings is 1. The van der Waals surface area contributed by atoms with Gasteiger partial charge < -0.3 is 15.4 Å². The van der Waals surface area contributed by atoms with E-state index >= 15 is 0 Å². The van der Waals surface area contributed by atoms with Gasteiger partial charge in [-0.15, -0.1) is 0 Å². The van der Waals surface area contributed by atoms with Crippen molar-refractivity contribution < 1.29 is 4.74 Å². The fourth-order valence-electron chi connectivity index (χ4n) is 2.50. The van der Waals surface area contributed by atoms with Crippen LogP contribution in [0.15, 0.2) is 18.2 Å². The van der Waals surface area contributed by atoms with E-state index in [-0.39, 0.29) is 5.60 Å². The van der Waals surface area contributed by atoms with E-state index in [1.54, 1.807) is 0 Å². The Balaban J connectivity index is 2.20. The molecule has 0 aliphatic carbocycles. The predicted octanol–water partition coefficient (Wildman–Crippen LogP) is 3.44. The van der Waals surface area contributed by atoms with Gasteiger partial charge in [0.2, 0.25) is 0 Å². The molecule has 3 heteroatoms. The second-order valence-corrected chi connectivity index (χ2v) is 5.72. The summed E-state index contributed by atoms with van der Waals surface area (Å²) in [5.41, 5.74) is 7.64. The van der Waals surface area contributed by atoms with Gasteiger partial charge in [-0.3, -0.25) is 0 Å². The maximum absolute atomic E-state index is 6.01. The molecule has 2 N–H and O–H groups in total. The quantitative estimate of drug-likeness (QED) is 0.655. The molecule has 0 amide bonds. The Morgan fingerprint density at radius 3 is 2.83 bits per heavy atom. The highest BCUT2D eigenvalue weighted by Gasteiger charge is 2.31. The van der Waals surface area contributed by atoms with Crippen LogP contribution in [0.2, 0.25) is 0 Å². The molecule has 0 aromatic heterocycles. The summed E-state index contributed by atoms with van der Waals surface area (Å²) < 4.78 is 6.01. The summed E-state index contributed by atoms with van der Waals surface area (Å²) in [5.74, 6) is 0.919. The maximum Gasteiger partial charge on any atom is 0.145 e. The van der Waals surface area contributed by atoms with Gasteiger partial charge in [0.05, 0.1) is 12.2 Å². The fraction of sp³-hybridized carbons (Fsp3) is 0.600. The molecule has 2 rings (SSSR count). The number of nitrogens with two attached hydrogens (primary N) is 1. The van der Waals surface area contributed by atoms with Crippen molar-refractivity contribution in [3.05, 3.63) is 18.2 Å². The standard InChI is InChI=1S/C15H24N2O/c1-4-5-6-9-17-11-15(2,3)18-14-10-12(16)7-8-13(14)17/h7-8,10H,4-6,9,11,16H2,1-3H3. The van der Waals surface area contributed by atoms with E-state index in [1.165, 1.54) is 24.9 Å². The molecule has 0 atom stereocenters. The average Bonchev–Trinajstić information content (AvgIpc) is 2.27. The monoisotopic (exact) mass is 248 g/mol. The molecule has 1 aliphatic heterocycles. The van der Waals surface area contributed by atoms with Crippen molar-refractivity contribution >= 4 is 11.4 Å². The Kier molecular flexibility index (Phi) is 3.69. The minimum absolute atomic E-state index is 0.146. The van der Waals surface area contributed by atoms with Crippen molar-refractivity contribution in [2.45, 2.75) is 45.6 Å². The lowest BCUT2D eigenvalue weighted by Gasteiger charge is -2.41. The normalized spacial score (nSPS) is 17.2. The molecule has 3 nitrogen and oxygen atoms in total. The SMILES string of the molecule is CCCCCN1CC(C)(C)Oc2cc(N)ccc21. The van der Waals surface area contributed by atoms with Crippen molar-refractivity contribution in [3.8, 4) is 5.75 Å². The van der Waals surface area contributed by atoms with E-state index in [4.69, 9.17) is 10.5 Å². The molecule has 1 aromatic carbocycles. The topological polar surface area (TPSA) is 38.5 Å². The smallest absolute Gasteiger partial charge is 0.145 e. The summed E-state index contributed by atoms with van der Waals surface area (Å²) in [6.45, 7) is 8.53. The number of nitrogen functional groups attached to an aromatic ring is 1.